The van der Waals surface area contributed by atoms with Gasteiger partial charge in [0.1, 0.15) is 24.9 Å². The third-order valence-electron chi connectivity index (χ3n) is 9.52. The normalized spacial score (nSPS) is 38.9. The van der Waals surface area contributed by atoms with Crippen LogP contribution in [0.2, 0.25) is 0 Å². The molecule has 0 bridgehead atoms. The minimum absolute atomic E-state index is 0.0617. The maximum absolute atomic E-state index is 12.0. The van der Waals surface area contributed by atoms with Crippen LogP contribution in [0.15, 0.2) is 0 Å². The Bertz CT molecular complexity index is 902. The zero-order chi connectivity index (χ0) is 27.6. The minimum Gasteiger partial charge on any atom is -0.466 e. The first kappa shape index (κ1) is 29.4. The van der Waals surface area contributed by atoms with E-state index >= 15 is 0 Å². The molecule has 0 N–H and O–H groups in total. The second kappa shape index (κ2) is 10.9. The molecule has 3 rings (SSSR count). The fraction of sp³-hybridized carbons (Fsp3) is 0.857. The molecule has 0 aromatic carbocycles. The monoisotopic (exact) mass is 524 g/mol. The number of carbonyl (C=O) groups excluding carboxylic acids is 4. The van der Waals surface area contributed by atoms with Crippen LogP contribution >= 0.6 is 0 Å². The second-order valence-corrected chi connectivity index (χ2v) is 11.9. The van der Waals surface area contributed by atoms with Crippen LogP contribution in [0.5, 0.6) is 0 Å². The molecule has 0 aromatic heterocycles. The lowest BCUT2D eigenvalue weighted by molar-refractivity contribution is -0.275. The fourth-order valence-electron chi connectivity index (χ4n) is 7.71. The van der Waals surface area contributed by atoms with Gasteiger partial charge in [-0.25, -0.2) is 0 Å². The van der Waals surface area contributed by atoms with Crippen molar-refractivity contribution < 1.29 is 42.9 Å². The molecule has 37 heavy (non-hydrogen) atoms. The van der Waals surface area contributed by atoms with Crippen molar-refractivity contribution in [1.29, 1.82) is 0 Å². The van der Waals surface area contributed by atoms with Gasteiger partial charge in [-0.15, -0.1) is 0 Å². The predicted octanol–water partition coefficient (Wildman–Crippen LogP) is 4.14. The number of hydrogen-bond acceptors (Lipinski definition) is 9. The van der Waals surface area contributed by atoms with Crippen molar-refractivity contribution in [2.24, 2.45) is 22.7 Å². The number of esters is 4. The lowest BCUT2D eigenvalue weighted by Gasteiger charge is -2.65. The third-order valence-corrected chi connectivity index (χ3v) is 9.52. The van der Waals surface area contributed by atoms with Crippen LogP contribution < -0.4 is 0 Å². The molecule has 1 saturated heterocycles. The molecule has 0 amide bonds. The molecule has 9 nitrogen and oxygen atoms in total. The Morgan fingerprint density at radius 2 is 1.41 bits per heavy atom. The summed E-state index contributed by atoms with van der Waals surface area (Å²) in [6, 6.07) is 0. The molecule has 210 valence electrons. The summed E-state index contributed by atoms with van der Waals surface area (Å²) >= 11 is 0. The molecule has 3 fully saturated rings. The topological polar surface area (TPSA) is 114 Å². The Morgan fingerprint density at radius 1 is 0.784 bits per heavy atom. The summed E-state index contributed by atoms with van der Waals surface area (Å²) in [5, 5.41) is 0. The first-order valence-corrected chi connectivity index (χ1v) is 13.5. The molecule has 0 radical (unpaired) electrons. The molecule has 2 saturated carbocycles. The average molecular weight is 525 g/mol. The van der Waals surface area contributed by atoms with Gasteiger partial charge in [-0.05, 0) is 50.4 Å². The van der Waals surface area contributed by atoms with Crippen LogP contribution in [0, 0.1) is 22.7 Å². The summed E-state index contributed by atoms with van der Waals surface area (Å²) in [6.07, 6.45) is 4.70. The third kappa shape index (κ3) is 5.66. The van der Waals surface area contributed by atoms with E-state index in [9.17, 15) is 19.2 Å². The number of fused-ring (bicyclic) bond motifs is 2. The van der Waals surface area contributed by atoms with Crippen LogP contribution in [-0.4, -0.2) is 61.0 Å². The molecule has 3 aliphatic rings. The molecule has 1 heterocycles. The van der Waals surface area contributed by atoms with E-state index in [1.54, 1.807) is 0 Å². The highest BCUT2D eigenvalue weighted by Crippen LogP contribution is 2.68. The van der Waals surface area contributed by atoms with Gasteiger partial charge in [-0.1, -0.05) is 20.8 Å². The number of ether oxygens (including phenoxy) is 5. The summed E-state index contributed by atoms with van der Waals surface area (Å²) in [5.41, 5.74) is -2.18. The zero-order valence-corrected chi connectivity index (χ0v) is 23.5. The van der Waals surface area contributed by atoms with Gasteiger partial charge in [-0.3, -0.25) is 19.2 Å². The highest BCUT2D eigenvalue weighted by Gasteiger charge is 2.69. The Kier molecular flexibility index (Phi) is 8.67. The Morgan fingerprint density at radius 3 is 2.00 bits per heavy atom. The molecular weight excluding hydrogens is 480 g/mol. The van der Waals surface area contributed by atoms with Crippen molar-refractivity contribution in [2.45, 2.75) is 111 Å². The Labute approximate surface area is 220 Å². The SMILES string of the molecule is CC(=O)OCCC1(COC(C)=O)CC[C@@]2(O1)[C@H](C)CCC1[C@](C)(COC(C)=O)[C@@H](OC(C)=O)CC[C@@]12C. The molecule has 7 atom stereocenters. The van der Waals surface area contributed by atoms with E-state index in [1.807, 2.05) is 0 Å². The van der Waals surface area contributed by atoms with Crippen molar-refractivity contribution in [3.63, 3.8) is 0 Å². The summed E-state index contributed by atoms with van der Waals surface area (Å²) in [4.78, 5) is 47.0. The molecule has 9 heteroatoms. The average Bonchev–Trinajstić information content (AvgIpc) is 3.18. The van der Waals surface area contributed by atoms with E-state index < -0.39 is 16.6 Å². The molecule has 2 unspecified atom stereocenters. The van der Waals surface area contributed by atoms with Crippen LogP contribution in [-0.2, 0) is 42.9 Å². The van der Waals surface area contributed by atoms with E-state index in [2.05, 4.69) is 20.8 Å². The van der Waals surface area contributed by atoms with Crippen LogP contribution in [0.3, 0.4) is 0 Å². The Hall–Kier alpha value is -2.16. The minimum atomic E-state index is -0.765. The first-order chi connectivity index (χ1) is 17.2. The largest absolute Gasteiger partial charge is 0.466 e. The van der Waals surface area contributed by atoms with Crippen molar-refractivity contribution in [1.82, 2.24) is 0 Å². The van der Waals surface area contributed by atoms with Gasteiger partial charge in [0, 0.05) is 44.9 Å². The quantitative estimate of drug-likeness (QED) is 0.341. The molecule has 1 aliphatic heterocycles. The number of rotatable bonds is 8. The van der Waals surface area contributed by atoms with Gasteiger partial charge >= 0.3 is 23.9 Å². The second-order valence-electron chi connectivity index (χ2n) is 11.9. The van der Waals surface area contributed by atoms with Crippen molar-refractivity contribution in [3.8, 4) is 0 Å². The van der Waals surface area contributed by atoms with E-state index in [0.717, 1.165) is 25.7 Å². The van der Waals surface area contributed by atoms with Gasteiger partial charge in [-0.2, -0.15) is 0 Å². The predicted molar refractivity (Wildman–Crippen MR) is 133 cm³/mol. The van der Waals surface area contributed by atoms with E-state index in [4.69, 9.17) is 23.7 Å². The standard InChI is InChI=1S/C28H44O9/c1-18-8-9-23-25(6,16-34-20(3)30)24(36-22(5)32)10-11-26(23,7)28(18)13-12-27(37-28,17-35-21(4)31)14-15-33-19(2)29/h18,23-24H,8-17H2,1-7H3/t18-,23?,24+,25+,26+,27?,28-/m1/s1. The van der Waals surface area contributed by atoms with Gasteiger partial charge in [0.05, 0.1) is 12.2 Å². The highest BCUT2D eigenvalue weighted by molar-refractivity contribution is 5.67. The molecular formula is C28H44O9. The van der Waals surface area contributed by atoms with Crippen molar-refractivity contribution in [2.75, 3.05) is 19.8 Å². The van der Waals surface area contributed by atoms with Crippen LogP contribution in [0.4, 0.5) is 0 Å². The van der Waals surface area contributed by atoms with Crippen LogP contribution in [0.25, 0.3) is 0 Å². The van der Waals surface area contributed by atoms with E-state index in [0.29, 0.717) is 19.3 Å². The number of carbonyl (C=O) groups is 4. The maximum atomic E-state index is 12.0. The first-order valence-electron chi connectivity index (χ1n) is 13.5. The van der Waals surface area contributed by atoms with E-state index in [1.165, 1.54) is 27.7 Å². The molecule has 2 aliphatic carbocycles. The van der Waals surface area contributed by atoms with Gasteiger partial charge in [0.15, 0.2) is 0 Å². The smallest absolute Gasteiger partial charge is 0.302 e. The van der Waals surface area contributed by atoms with Crippen molar-refractivity contribution >= 4 is 23.9 Å². The Balaban J connectivity index is 1.99. The zero-order valence-electron chi connectivity index (χ0n) is 23.5. The lowest BCUT2D eigenvalue weighted by Crippen LogP contribution is -2.67. The summed E-state index contributed by atoms with van der Waals surface area (Å²) < 4.78 is 29.3. The fourth-order valence-corrected chi connectivity index (χ4v) is 7.71. The highest BCUT2D eigenvalue weighted by atomic mass is 16.6. The van der Waals surface area contributed by atoms with Crippen molar-refractivity contribution in [3.05, 3.63) is 0 Å². The van der Waals surface area contributed by atoms with Gasteiger partial charge in [0.2, 0.25) is 0 Å². The van der Waals surface area contributed by atoms with Gasteiger partial charge in [0.25, 0.3) is 0 Å². The molecule has 1 spiro atoms. The summed E-state index contributed by atoms with van der Waals surface area (Å²) in [6.45, 7) is 12.5. The van der Waals surface area contributed by atoms with E-state index in [-0.39, 0.29) is 67.1 Å². The number of hydrogen-bond donors (Lipinski definition) is 0. The van der Waals surface area contributed by atoms with Gasteiger partial charge < -0.3 is 23.7 Å². The lowest BCUT2D eigenvalue weighted by atomic mass is 9.43. The summed E-state index contributed by atoms with van der Waals surface area (Å²) in [5.74, 6) is -1.16. The maximum Gasteiger partial charge on any atom is 0.302 e. The summed E-state index contributed by atoms with van der Waals surface area (Å²) in [7, 11) is 0. The molecule has 0 aromatic rings. The van der Waals surface area contributed by atoms with Crippen LogP contribution in [0.1, 0.15) is 93.4 Å².